The van der Waals surface area contributed by atoms with Gasteiger partial charge in [-0.15, -0.1) is 10.2 Å². The lowest BCUT2D eigenvalue weighted by Gasteiger charge is -2.15. The molecule has 0 bridgehead atoms. The molecule has 6 nitrogen and oxygen atoms in total. The zero-order chi connectivity index (χ0) is 20.2. The van der Waals surface area contributed by atoms with Gasteiger partial charge in [-0.1, -0.05) is 52.8 Å². The van der Waals surface area contributed by atoms with Crippen LogP contribution in [0.2, 0.25) is 0 Å². The number of methoxy groups -OCH3 is 1. The summed E-state index contributed by atoms with van der Waals surface area (Å²) >= 11 is 5.06. The van der Waals surface area contributed by atoms with Gasteiger partial charge in [0.05, 0.1) is 7.11 Å². The minimum absolute atomic E-state index is 0.408. The maximum atomic E-state index is 6.17. The summed E-state index contributed by atoms with van der Waals surface area (Å²) in [5.74, 6) is 2.15. The highest BCUT2D eigenvalue weighted by Gasteiger charge is 2.24. The molecular formula is C21H19BrN4O2S. The molecule has 1 aliphatic heterocycles. The summed E-state index contributed by atoms with van der Waals surface area (Å²) in [6, 6.07) is 13.8. The van der Waals surface area contributed by atoms with E-state index < -0.39 is 6.23 Å². The summed E-state index contributed by atoms with van der Waals surface area (Å²) in [6.45, 7) is 2.05. The highest BCUT2D eigenvalue weighted by atomic mass is 79.9. The van der Waals surface area contributed by atoms with Crippen molar-refractivity contribution in [2.45, 2.75) is 18.3 Å². The molecule has 148 valence electrons. The second-order valence-corrected chi connectivity index (χ2v) is 8.33. The second-order valence-electron chi connectivity index (χ2n) is 6.19. The van der Waals surface area contributed by atoms with Crippen LogP contribution < -0.4 is 14.8 Å². The fraction of sp³-hybridized carbons (Fsp3) is 0.190. The molecule has 1 aromatic heterocycles. The van der Waals surface area contributed by atoms with Gasteiger partial charge in [0.15, 0.2) is 11.9 Å². The minimum atomic E-state index is -0.408. The Balaban J connectivity index is 1.69. The zero-order valence-corrected chi connectivity index (χ0v) is 18.3. The Morgan fingerprint density at radius 2 is 2.03 bits per heavy atom. The van der Waals surface area contributed by atoms with Gasteiger partial charge in [-0.3, -0.25) is 0 Å². The smallest absolute Gasteiger partial charge is 0.247 e. The van der Waals surface area contributed by atoms with E-state index in [9.17, 15) is 0 Å². The predicted molar refractivity (Wildman–Crippen MR) is 119 cm³/mol. The van der Waals surface area contributed by atoms with Crippen LogP contribution in [0.5, 0.6) is 11.6 Å². The molecule has 0 radical (unpaired) electrons. The first-order valence-corrected chi connectivity index (χ1v) is 10.9. The van der Waals surface area contributed by atoms with E-state index in [4.69, 9.17) is 9.47 Å². The molecule has 0 aliphatic carbocycles. The Bertz CT molecular complexity index is 1040. The number of hydrogen-bond donors (Lipinski definition) is 1. The fourth-order valence-corrected chi connectivity index (χ4v) is 3.75. The number of aromatic nitrogens is 3. The van der Waals surface area contributed by atoms with E-state index in [1.54, 1.807) is 7.11 Å². The summed E-state index contributed by atoms with van der Waals surface area (Å²) < 4.78 is 12.3. The number of nitrogens with one attached hydrogen (secondary N) is 1. The van der Waals surface area contributed by atoms with Crippen LogP contribution in [-0.4, -0.2) is 34.3 Å². The summed E-state index contributed by atoms with van der Waals surface area (Å²) in [5.41, 5.74) is 3.46. The number of halogens is 1. The van der Waals surface area contributed by atoms with Crippen LogP contribution in [0.4, 0.5) is 5.69 Å². The van der Waals surface area contributed by atoms with Gasteiger partial charge in [-0.05, 0) is 47.7 Å². The monoisotopic (exact) mass is 470 g/mol. The SMILES string of the molecule is CCSc1nnc2c(n1)OC(/C=C/c1ccc(OC)cc1)Nc1ccc(Br)cc1-2. The number of hydrogen-bond acceptors (Lipinski definition) is 7. The lowest BCUT2D eigenvalue weighted by Crippen LogP contribution is -2.23. The molecule has 0 amide bonds. The first-order valence-electron chi connectivity index (χ1n) is 9.09. The Labute approximate surface area is 181 Å². The van der Waals surface area contributed by atoms with Crippen molar-refractivity contribution >= 4 is 39.5 Å². The van der Waals surface area contributed by atoms with Crippen LogP contribution in [0.1, 0.15) is 12.5 Å². The Hall–Kier alpha value is -2.58. The third kappa shape index (κ3) is 4.54. The first kappa shape index (κ1) is 19.7. The first-order chi connectivity index (χ1) is 14.2. The van der Waals surface area contributed by atoms with Crippen molar-refractivity contribution in [1.29, 1.82) is 0 Å². The average Bonchev–Trinajstić information content (AvgIpc) is 2.89. The molecule has 1 N–H and O–H groups in total. The van der Waals surface area contributed by atoms with E-state index in [2.05, 4.69) is 43.4 Å². The summed E-state index contributed by atoms with van der Waals surface area (Å²) in [6.07, 6.45) is 3.54. The number of anilines is 1. The van der Waals surface area contributed by atoms with Crippen molar-refractivity contribution in [3.8, 4) is 22.9 Å². The van der Waals surface area contributed by atoms with Crippen LogP contribution in [0.3, 0.4) is 0 Å². The van der Waals surface area contributed by atoms with E-state index in [0.29, 0.717) is 16.7 Å². The van der Waals surface area contributed by atoms with Crippen LogP contribution in [0, 0.1) is 0 Å². The molecule has 0 saturated carbocycles. The number of nitrogens with zero attached hydrogens (tertiary/aromatic N) is 3. The summed E-state index contributed by atoms with van der Waals surface area (Å²) in [5, 5.41) is 12.6. The van der Waals surface area contributed by atoms with Crippen molar-refractivity contribution in [3.05, 3.63) is 58.6 Å². The van der Waals surface area contributed by atoms with E-state index >= 15 is 0 Å². The van der Waals surface area contributed by atoms with E-state index in [1.807, 2.05) is 54.6 Å². The van der Waals surface area contributed by atoms with Gasteiger partial charge < -0.3 is 14.8 Å². The van der Waals surface area contributed by atoms with E-state index in [1.165, 1.54) is 11.8 Å². The topological polar surface area (TPSA) is 69.2 Å². The molecule has 3 aromatic rings. The number of rotatable bonds is 5. The van der Waals surface area contributed by atoms with Gasteiger partial charge in [0.2, 0.25) is 11.0 Å². The minimum Gasteiger partial charge on any atom is -0.497 e. The van der Waals surface area contributed by atoms with Gasteiger partial charge in [-0.2, -0.15) is 4.98 Å². The molecule has 2 heterocycles. The van der Waals surface area contributed by atoms with Crippen LogP contribution in [0.15, 0.2) is 58.2 Å². The van der Waals surface area contributed by atoms with Crippen molar-refractivity contribution in [1.82, 2.24) is 15.2 Å². The van der Waals surface area contributed by atoms with Crippen molar-refractivity contribution in [2.24, 2.45) is 0 Å². The Morgan fingerprint density at radius 1 is 1.21 bits per heavy atom. The highest BCUT2D eigenvalue weighted by molar-refractivity contribution is 9.10. The quantitative estimate of drug-likeness (QED) is 0.509. The van der Waals surface area contributed by atoms with Gasteiger partial charge in [-0.25, -0.2) is 0 Å². The van der Waals surface area contributed by atoms with Crippen LogP contribution >= 0.6 is 27.7 Å². The number of fused-ring (bicyclic) bond motifs is 3. The normalized spacial score (nSPS) is 15.1. The predicted octanol–water partition coefficient (Wildman–Crippen LogP) is 5.27. The molecule has 1 atom stereocenters. The van der Waals surface area contributed by atoms with Crippen molar-refractivity contribution < 1.29 is 9.47 Å². The van der Waals surface area contributed by atoms with Crippen molar-refractivity contribution in [3.63, 3.8) is 0 Å². The lowest BCUT2D eigenvalue weighted by atomic mass is 10.1. The van der Waals surface area contributed by atoms with Gasteiger partial charge in [0.1, 0.15) is 5.75 Å². The Morgan fingerprint density at radius 3 is 2.79 bits per heavy atom. The van der Waals surface area contributed by atoms with E-state index in [0.717, 1.165) is 32.8 Å². The van der Waals surface area contributed by atoms with Crippen molar-refractivity contribution in [2.75, 3.05) is 18.2 Å². The molecule has 0 saturated heterocycles. The van der Waals surface area contributed by atoms with Gasteiger partial charge >= 0.3 is 0 Å². The maximum Gasteiger partial charge on any atom is 0.247 e. The van der Waals surface area contributed by atoms with E-state index in [-0.39, 0.29) is 0 Å². The van der Waals surface area contributed by atoms with Gasteiger partial charge in [0, 0.05) is 15.7 Å². The third-order valence-corrected chi connectivity index (χ3v) is 5.47. The molecule has 0 spiro atoms. The Kier molecular flexibility index (Phi) is 6.01. The number of ether oxygens (including phenoxy) is 2. The number of benzene rings is 2. The molecule has 1 aliphatic rings. The van der Waals surface area contributed by atoms with Gasteiger partial charge in [0.25, 0.3) is 0 Å². The third-order valence-electron chi connectivity index (χ3n) is 4.26. The average molecular weight is 471 g/mol. The van der Waals surface area contributed by atoms with Crippen LogP contribution in [-0.2, 0) is 0 Å². The summed E-state index contributed by atoms with van der Waals surface area (Å²) in [7, 11) is 1.66. The standard InChI is InChI=1S/C21H19BrN4O2S/c1-3-29-21-24-20-19(25-26-21)16-12-14(22)7-10-17(16)23-18(28-20)11-6-13-4-8-15(27-2)9-5-13/h4-12,18,23H,3H2,1-2H3/b11-6+. The van der Waals surface area contributed by atoms with Crippen LogP contribution in [0.25, 0.3) is 17.3 Å². The zero-order valence-electron chi connectivity index (χ0n) is 15.9. The molecule has 2 aromatic carbocycles. The molecule has 0 fully saturated rings. The molecule has 8 heteroatoms. The highest BCUT2D eigenvalue weighted by Crippen LogP contribution is 2.38. The fourth-order valence-electron chi connectivity index (χ4n) is 2.88. The molecular weight excluding hydrogens is 452 g/mol. The maximum absolute atomic E-state index is 6.17. The molecule has 4 rings (SSSR count). The largest absolute Gasteiger partial charge is 0.497 e. The molecule has 29 heavy (non-hydrogen) atoms. The number of thioether (sulfide) groups is 1. The lowest BCUT2D eigenvalue weighted by molar-refractivity contribution is 0.266. The second kappa shape index (κ2) is 8.84. The summed E-state index contributed by atoms with van der Waals surface area (Å²) in [4.78, 5) is 4.58. The molecule has 1 unspecified atom stereocenters.